The van der Waals surface area contributed by atoms with E-state index in [0.717, 1.165) is 24.1 Å². The minimum absolute atomic E-state index is 0.00157. The second-order valence-electron chi connectivity index (χ2n) is 8.44. The quantitative estimate of drug-likeness (QED) is 0.637. The summed E-state index contributed by atoms with van der Waals surface area (Å²) < 4.78 is 13.5. The molecule has 0 heterocycles. The van der Waals surface area contributed by atoms with Gasteiger partial charge in [0, 0.05) is 18.3 Å². The van der Waals surface area contributed by atoms with Crippen molar-refractivity contribution in [3.05, 3.63) is 65.0 Å². The molecule has 1 aliphatic rings. The van der Waals surface area contributed by atoms with Gasteiger partial charge in [-0.2, -0.15) is 0 Å². The van der Waals surface area contributed by atoms with Crippen molar-refractivity contribution in [1.29, 1.82) is 0 Å². The second kappa shape index (κ2) is 8.87. The molecular weight excluding hydrogens is 351 g/mol. The summed E-state index contributed by atoms with van der Waals surface area (Å²) in [5, 5.41) is 3.20. The summed E-state index contributed by atoms with van der Waals surface area (Å²) in [6.07, 6.45) is 2.20. The average molecular weight is 383 g/mol. The molecule has 0 unspecified atom stereocenters. The fourth-order valence-electron chi connectivity index (χ4n) is 3.68. The Kier molecular flexibility index (Phi) is 6.50. The highest BCUT2D eigenvalue weighted by atomic mass is 19.1. The molecule has 0 atom stereocenters. The van der Waals surface area contributed by atoms with Gasteiger partial charge in [-0.05, 0) is 53.5 Å². The van der Waals surface area contributed by atoms with Crippen LogP contribution in [0.4, 0.5) is 10.1 Å². The first-order valence-corrected chi connectivity index (χ1v) is 10.3. The van der Waals surface area contributed by atoms with Crippen LogP contribution in [0.3, 0.4) is 0 Å². The third-order valence-electron chi connectivity index (χ3n) is 5.32. The van der Waals surface area contributed by atoms with E-state index >= 15 is 0 Å². The molecule has 1 aliphatic carbocycles. The molecular formula is C24H31FN2O. The lowest BCUT2D eigenvalue weighted by Gasteiger charge is -2.24. The smallest absolute Gasteiger partial charge is 0.238 e. The fourth-order valence-corrected chi connectivity index (χ4v) is 3.68. The van der Waals surface area contributed by atoms with E-state index in [4.69, 9.17) is 0 Å². The number of hydrogen-bond donors (Lipinski definition) is 1. The number of hydrogen-bond acceptors (Lipinski definition) is 2. The Bertz CT molecular complexity index is 801. The number of nitrogens with one attached hydrogen (secondary N) is 1. The maximum atomic E-state index is 13.5. The summed E-state index contributed by atoms with van der Waals surface area (Å²) in [6.45, 7) is 9.51. The van der Waals surface area contributed by atoms with Crippen LogP contribution < -0.4 is 5.32 Å². The predicted octanol–water partition coefficient (Wildman–Crippen LogP) is 5.68. The molecule has 1 N–H and O–H groups in total. The lowest BCUT2D eigenvalue weighted by Crippen LogP contribution is -2.35. The molecule has 28 heavy (non-hydrogen) atoms. The van der Waals surface area contributed by atoms with Gasteiger partial charge in [0.1, 0.15) is 5.82 Å². The molecule has 3 rings (SSSR count). The third-order valence-corrected chi connectivity index (χ3v) is 5.32. The van der Waals surface area contributed by atoms with Crippen LogP contribution in [-0.4, -0.2) is 23.4 Å². The number of carbonyl (C=O) groups is 1. The van der Waals surface area contributed by atoms with Crippen LogP contribution in [0.15, 0.2) is 42.5 Å². The molecule has 3 nitrogen and oxygen atoms in total. The number of para-hydroxylation sites is 1. The SMILES string of the molecule is CC(C)c1cccc(C(C)C)c1NC(=O)CN(Cc1cccc(F)c1)C1CC1. The van der Waals surface area contributed by atoms with Crippen LogP contribution in [0.2, 0.25) is 0 Å². The summed E-state index contributed by atoms with van der Waals surface area (Å²) in [5.74, 6) is 0.435. The van der Waals surface area contributed by atoms with E-state index in [0.29, 0.717) is 31.0 Å². The highest BCUT2D eigenvalue weighted by molar-refractivity contribution is 5.94. The highest BCUT2D eigenvalue weighted by Crippen LogP contribution is 2.33. The second-order valence-corrected chi connectivity index (χ2v) is 8.44. The molecule has 1 saturated carbocycles. The lowest BCUT2D eigenvalue weighted by atomic mass is 9.92. The van der Waals surface area contributed by atoms with E-state index in [9.17, 15) is 9.18 Å². The molecule has 150 valence electrons. The van der Waals surface area contributed by atoms with Gasteiger partial charge in [0.15, 0.2) is 0 Å². The topological polar surface area (TPSA) is 32.3 Å². The lowest BCUT2D eigenvalue weighted by molar-refractivity contribution is -0.117. The summed E-state index contributed by atoms with van der Waals surface area (Å²) in [5.41, 5.74) is 4.20. The number of carbonyl (C=O) groups excluding carboxylic acids is 1. The summed E-state index contributed by atoms with van der Waals surface area (Å²) in [6, 6.07) is 13.3. The van der Waals surface area contributed by atoms with Gasteiger partial charge in [0.2, 0.25) is 5.91 Å². The van der Waals surface area contributed by atoms with Crippen molar-refractivity contribution in [3.8, 4) is 0 Å². The van der Waals surface area contributed by atoms with Crippen LogP contribution in [0, 0.1) is 5.82 Å². The molecule has 1 amide bonds. The normalized spacial score (nSPS) is 14.1. The van der Waals surface area contributed by atoms with Crippen LogP contribution in [0.25, 0.3) is 0 Å². The van der Waals surface area contributed by atoms with E-state index in [1.807, 2.05) is 6.07 Å². The first kappa shape index (κ1) is 20.5. The Hall–Kier alpha value is -2.20. The van der Waals surface area contributed by atoms with Crippen molar-refractivity contribution in [2.45, 2.75) is 65.0 Å². The molecule has 0 aliphatic heterocycles. The molecule has 0 radical (unpaired) electrons. The van der Waals surface area contributed by atoms with Gasteiger partial charge < -0.3 is 5.32 Å². The molecule has 4 heteroatoms. The summed E-state index contributed by atoms with van der Waals surface area (Å²) >= 11 is 0. The van der Waals surface area contributed by atoms with Gasteiger partial charge >= 0.3 is 0 Å². The molecule has 0 saturated heterocycles. The van der Waals surface area contributed by atoms with Crippen molar-refractivity contribution >= 4 is 11.6 Å². The molecule has 2 aromatic rings. The van der Waals surface area contributed by atoms with Gasteiger partial charge in [-0.1, -0.05) is 58.0 Å². The number of anilines is 1. The molecule has 1 fully saturated rings. The van der Waals surface area contributed by atoms with Crippen molar-refractivity contribution in [2.24, 2.45) is 0 Å². The molecule has 2 aromatic carbocycles. The monoisotopic (exact) mass is 382 g/mol. The van der Waals surface area contributed by atoms with Crippen molar-refractivity contribution in [2.75, 3.05) is 11.9 Å². The van der Waals surface area contributed by atoms with Crippen LogP contribution in [0.5, 0.6) is 0 Å². The zero-order valence-corrected chi connectivity index (χ0v) is 17.3. The standard InChI is InChI=1S/C24H31FN2O/c1-16(2)21-9-6-10-22(17(3)4)24(21)26-23(28)15-27(20-11-12-20)14-18-7-5-8-19(25)13-18/h5-10,13,16-17,20H,11-12,14-15H2,1-4H3,(H,26,28). The van der Waals surface area contributed by atoms with Crippen LogP contribution >= 0.6 is 0 Å². The zero-order valence-electron chi connectivity index (χ0n) is 17.3. The fraction of sp³-hybridized carbons (Fsp3) is 0.458. The van der Waals surface area contributed by atoms with Crippen LogP contribution in [0.1, 0.15) is 69.1 Å². The number of benzene rings is 2. The first-order chi connectivity index (χ1) is 13.3. The number of amides is 1. The van der Waals surface area contributed by atoms with Crippen molar-refractivity contribution in [3.63, 3.8) is 0 Å². The Labute approximate surface area is 167 Å². The minimum atomic E-state index is -0.231. The Morgan fingerprint density at radius 3 is 2.21 bits per heavy atom. The molecule has 0 aromatic heterocycles. The van der Waals surface area contributed by atoms with E-state index < -0.39 is 0 Å². The summed E-state index contributed by atoms with van der Waals surface area (Å²) in [7, 11) is 0. The number of halogens is 1. The Morgan fingerprint density at radius 1 is 1.07 bits per heavy atom. The molecule has 0 spiro atoms. The van der Waals surface area contributed by atoms with Gasteiger partial charge in [0.25, 0.3) is 0 Å². The van der Waals surface area contributed by atoms with E-state index in [1.165, 1.54) is 17.2 Å². The van der Waals surface area contributed by atoms with Gasteiger partial charge in [-0.3, -0.25) is 9.69 Å². The van der Waals surface area contributed by atoms with Gasteiger partial charge in [-0.25, -0.2) is 4.39 Å². The number of nitrogens with zero attached hydrogens (tertiary/aromatic N) is 1. The van der Waals surface area contributed by atoms with E-state index in [2.05, 4.69) is 56.1 Å². The predicted molar refractivity (Wildman–Crippen MR) is 113 cm³/mol. The minimum Gasteiger partial charge on any atom is -0.324 e. The Balaban J connectivity index is 1.75. The third kappa shape index (κ3) is 5.20. The molecule has 0 bridgehead atoms. The summed E-state index contributed by atoms with van der Waals surface area (Å²) in [4.78, 5) is 15.1. The maximum Gasteiger partial charge on any atom is 0.238 e. The van der Waals surface area contributed by atoms with Gasteiger partial charge in [0.05, 0.1) is 6.54 Å². The van der Waals surface area contributed by atoms with E-state index in [1.54, 1.807) is 12.1 Å². The maximum absolute atomic E-state index is 13.5. The Morgan fingerprint density at radius 2 is 1.68 bits per heavy atom. The van der Waals surface area contributed by atoms with Crippen LogP contribution in [-0.2, 0) is 11.3 Å². The first-order valence-electron chi connectivity index (χ1n) is 10.3. The zero-order chi connectivity index (χ0) is 20.3. The van der Waals surface area contributed by atoms with E-state index in [-0.39, 0.29) is 11.7 Å². The average Bonchev–Trinajstić information content (AvgIpc) is 3.46. The largest absolute Gasteiger partial charge is 0.324 e. The number of rotatable bonds is 8. The van der Waals surface area contributed by atoms with Crippen molar-refractivity contribution in [1.82, 2.24) is 4.90 Å². The highest BCUT2D eigenvalue weighted by Gasteiger charge is 2.30. The van der Waals surface area contributed by atoms with Crippen molar-refractivity contribution < 1.29 is 9.18 Å². The van der Waals surface area contributed by atoms with Gasteiger partial charge in [-0.15, -0.1) is 0 Å².